The molecule has 29 heavy (non-hydrogen) atoms. The third-order valence-corrected chi connectivity index (χ3v) is 5.16. The van der Waals surface area contributed by atoms with Crippen molar-refractivity contribution in [2.24, 2.45) is 5.92 Å². The summed E-state index contributed by atoms with van der Waals surface area (Å²) in [6.07, 6.45) is 0.249. The number of Topliss-reactive ketones (excluding diaryl/α,β-unsaturated/α-hetero) is 1. The predicted octanol–water partition coefficient (Wildman–Crippen LogP) is 4.83. The summed E-state index contributed by atoms with van der Waals surface area (Å²) in [7, 11) is 1.55. The van der Waals surface area contributed by atoms with Crippen LogP contribution in [0.5, 0.6) is 5.75 Å². The summed E-state index contributed by atoms with van der Waals surface area (Å²) in [6.45, 7) is 7.73. The standard InChI is InChI=1S/C24H27NO4/c1-14(2)12-19(26)21-22(17-8-6-7-9-20(17)29-5)25(24(28)23(21)27)18-13-15(3)10-11-16(18)4/h6-11,13-14,22,27H,12H2,1-5H3. The van der Waals surface area contributed by atoms with Gasteiger partial charge in [0, 0.05) is 17.7 Å². The molecule has 3 rings (SSSR count). The van der Waals surface area contributed by atoms with E-state index in [0.717, 1.165) is 11.1 Å². The summed E-state index contributed by atoms with van der Waals surface area (Å²) in [5.74, 6) is -0.611. The molecule has 0 bridgehead atoms. The molecule has 1 aliphatic heterocycles. The SMILES string of the molecule is COc1ccccc1C1C(C(=O)CC(C)C)=C(O)C(=O)N1c1cc(C)ccc1C. The zero-order valence-electron chi connectivity index (χ0n) is 17.5. The van der Waals surface area contributed by atoms with E-state index in [-0.39, 0.29) is 23.7 Å². The summed E-state index contributed by atoms with van der Waals surface area (Å²) in [6, 6.07) is 12.4. The average molecular weight is 393 g/mol. The lowest BCUT2D eigenvalue weighted by Crippen LogP contribution is -2.32. The number of hydrogen-bond acceptors (Lipinski definition) is 4. The molecule has 1 N–H and O–H groups in total. The molecule has 1 atom stereocenters. The summed E-state index contributed by atoms with van der Waals surface area (Å²) in [4.78, 5) is 27.8. The number of ketones is 1. The number of anilines is 1. The quantitative estimate of drug-likeness (QED) is 0.763. The van der Waals surface area contributed by atoms with Crippen LogP contribution < -0.4 is 9.64 Å². The first kappa shape index (κ1) is 20.6. The number of carbonyl (C=O) groups excluding carboxylic acids is 2. The molecule has 0 saturated carbocycles. The van der Waals surface area contributed by atoms with Gasteiger partial charge in [-0.2, -0.15) is 0 Å². The van der Waals surface area contributed by atoms with Gasteiger partial charge in [-0.25, -0.2) is 0 Å². The Kier molecular flexibility index (Phi) is 5.78. The minimum atomic E-state index is -0.745. The fraction of sp³-hybridized carbons (Fsp3) is 0.333. The monoisotopic (exact) mass is 393 g/mol. The number of methoxy groups -OCH3 is 1. The second kappa shape index (κ2) is 8.11. The normalized spacial score (nSPS) is 16.7. The van der Waals surface area contributed by atoms with Crippen LogP contribution in [0.15, 0.2) is 53.8 Å². The van der Waals surface area contributed by atoms with Gasteiger partial charge < -0.3 is 9.84 Å². The number of para-hydroxylation sites is 1. The van der Waals surface area contributed by atoms with Gasteiger partial charge in [-0.05, 0) is 43.0 Å². The van der Waals surface area contributed by atoms with E-state index in [9.17, 15) is 14.7 Å². The first-order valence-electron chi connectivity index (χ1n) is 9.76. The maximum Gasteiger partial charge on any atom is 0.294 e. The number of aliphatic hydroxyl groups excluding tert-OH is 1. The topological polar surface area (TPSA) is 66.8 Å². The molecule has 0 spiro atoms. The molecule has 2 aromatic rings. The fourth-order valence-corrected chi connectivity index (χ4v) is 3.78. The lowest BCUT2D eigenvalue weighted by Gasteiger charge is -2.29. The van der Waals surface area contributed by atoms with E-state index >= 15 is 0 Å². The molecule has 0 aliphatic carbocycles. The first-order chi connectivity index (χ1) is 13.8. The number of aryl methyl sites for hydroxylation is 2. The molecular weight excluding hydrogens is 366 g/mol. The van der Waals surface area contributed by atoms with Crippen LogP contribution in [-0.4, -0.2) is 23.9 Å². The van der Waals surface area contributed by atoms with Gasteiger partial charge >= 0.3 is 0 Å². The Morgan fingerprint density at radius 2 is 1.86 bits per heavy atom. The molecule has 1 unspecified atom stereocenters. The van der Waals surface area contributed by atoms with Crippen LogP contribution in [0, 0.1) is 19.8 Å². The van der Waals surface area contributed by atoms with E-state index in [1.165, 1.54) is 4.90 Å². The molecule has 0 fully saturated rings. The number of carbonyl (C=O) groups is 2. The summed E-state index contributed by atoms with van der Waals surface area (Å²) < 4.78 is 5.52. The number of benzene rings is 2. The lowest BCUT2D eigenvalue weighted by atomic mass is 9.91. The predicted molar refractivity (Wildman–Crippen MR) is 113 cm³/mol. The van der Waals surface area contributed by atoms with Gasteiger partial charge in [0.25, 0.3) is 5.91 Å². The molecule has 1 heterocycles. The zero-order valence-corrected chi connectivity index (χ0v) is 17.5. The minimum absolute atomic E-state index is 0.103. The number of aliphatic hydroxyl groups is 1. The fourth-order valence-electron chi connectivity index (χ4n) is 3.78. The summed E-state index contributed by atoms with van der Waals surface area (Å²) in [5, 5.41) is 10.8. The van der Waals surface area contributed by atoms with Crippen LogP contribution in [0.25, 0.3) is 0 Å². The highest BCUT2D eigenvalue weighted by atomic mass is 16.5. The lowest BCUT2D eigenvalue weighted by molar-refractivity contribution is -0.118. The van der Waals surface area contributed by atoms with E-state index < -0.39 is 17.7 Å². The number of hydrogen-bond donors (Lipinski definition) is 1. The Morgan fingerprint density at radius 1 is 1.17 bits per heavy atom. The van der Waals surface area contributed by atoms with Crippen molar-refractivity contribution in [3.8, 4) is 5.75 Å². The maximum absolute atomic E-state index is 13.2. The molecule has 2 aromatic carbocycles. The smallest absolute Gasteiger partial charge is 0.294 e. The van der Waals surface area contributed by atoms with Gasteiger partial charge in [-0.15, -0.1) is 0 Å². The average Bonchev–Trinajstić information content (AvgIpc) is 2.94. The van der Waals surface area contributed by atoms with Crippen molar-refractivity contribution in [1.29, 1.82) is 0 Å². The van der Waals surface area contributed by atoms with Crippen molar-refractivity contribution in [1.82, 2.24) is 0 Å². The van der Waals surface area contributed by atoms with Crippen LogP contribution in [-0.2, 0) is 9.59 Å². The van der Waals surface area contributed by atoms with Crippen molar-refractivity contribution in [3.63, 3.8) is 0 Å². The van der Waals surface area contributed by atoms with Crippen LogP contribution in [0.1, 0.15) is 43.0 Å². The maximum atomic E-state index is 13.2. The van der Waals surface area contributed by atoms with Crippen molar-refractivity contribution in [3.05, 3.63) is 70.5 Å². The van der Waals surface area contributed by atoms with Crippen molar-refractivity contribution < 1.29 is 19.4 Å². The highest BCUT2D eigenvalue weighted by Gasteiger charge is 2.45. The highest BCUT2D eigenvalue weighted by molar-refractivity contribution is 6.16. The van der Waals surface area contributed by atoms with Crippen molar-refractivity contribution in [2.75, 3.05) is 12.0 Å². The third kappa shape index (κ3) is 3.77. The van der Waals surface area contributed by atoms with Gasteiger partial charge in [0.15, 0.2) is 11.5 Å². The highest BCUT2D eigenvalue weighted by Crippen LogP contribution is 2.45. The van der Waals surface area contributed by atoms with Gasteiger partial charge in [0.05, 0.1) is 18.7 Å². The molecule has 1 amide bonds. The molecule has 152 valence electrons. The number of nitrogens with zero attached hydrogens (tertiary/aromatic N) is 1. The van der Waals surface area contributed by atoms with Crippen molar-refractivity contribution >= 4 is 17.4 Å². The third-order valence-electron chi connectivity index (χ3n) is 5.16. The van der Waals surface area contributed by atoms with Crippen LogP contribution >= 0.6 is 0 Å². The molecule has 0 aromatic heterocycles. The van der Waals surface area contributed by atoms with Gasteiger partial charge in [0.2, 0.25) is 0 Å². The van der Waals surface area contributed by atoms with Gasteiger partial charge in [-0.3, -0.25) is 14.5 Å². The Hall–Kier alpha value is -3.08. The van der Waals surface area contributed by atoms with E-state index in [2.05, 4.69) is 0 Å². The Morgan fingerprint density at radius 3 is 2.52 bits per heavy atom. The number of amides is 1. The Balaban J connectivity index is 2.25. The van der Waals surface area contributed by atoms with Gasteiger partial charge in [-0.1, -0.05) is 44.2 Å². The first-order valence-corrected chi connectivity index (χ1v) is 9.76. The van der Waals surface area contributed by atoms with E-state index in [1.807, 2.05) is 64.1 Å². The Bertz CT molecular complexity index is 990. The largest absolute Gasteiger partial charge is 0.503 e. The van der Waals surface area contributed by atoms with Gasteiger partial charge in [0.1, 0.15) is 5.75 Å². The molecule has 5 heteroatoms. The summed E-state index contributed by atoms with van der Waals surface area (Å²) >= 11 is 0. The minimum Gasteiger partial charge on any atom is -0.503 e. The van der Waals surface area contributed by atoms with E-state index in [0.29, 0.717) is 17.0 Å². The Labute approximate surface area is 171 Å². The van der Waals surface area contributed by atoms with E-state index in [1.54, 1.807) is 13.2 Å². The molecule has 5 nitrogen and oxygen atoms in total. The number of ether oxygens (including phenoxy) is 1. The molecule has 0 saturated heterocycles. The second-order valence-electron chi connectivity index (χ2n) is 7.89. The van der Waals surface area contributed by atoms with Crippen LogP contribution in [0.2, 0.25) is 0 Å². The van der Waals surface area contributed by atoms with Crippen LogP contribution in [0.3, 0.4) is 0 Å². The second-order valence-corrected chi connectivity index (χ2v) is 7.89. The molecule has 1 aliphatic rings. The van der Waals surface area contributed by atoms with E-state index in [4.69, 9.17) is 4.74 Å². The molecule has 0 radical (unpaired) electrons. The van der Waals surface area contributed by atoms with Crippen molar-refractivity contribution in [2.45, 2.75) is 40.2 Å². The number of rotatable bonds is 6. The zero-order chi connectivity index (χ0) is 21.3. The van der Waals surface area contributed by atoms with Crippen LogP contribution in [0.4, 0.5) is 5.69 Å². The molecular formula is C24H27NO4. The summed E-state index contributed by atoms with van der Waals surface area (Å²) in [5.41, 5.74) is 3.34.